The first-order chi connectivity index (χ1) is 8.27. The van der Waals surface area contributed by atoms with E-state index >= 15 is 0 Å². The minimum Gasteiger partial charge on any atom is -0.324 e. The lowest BCUT2D eigenvalue weighted by Gasteiger charge is -2.23. The number of nitrogens with zero attached hydrogens (tertiary/aromatic N) is 1. The Bertz CT molecular complexity index is 343. The van der Waals surface area contributed by atoms with Gasteiger partial charge in [0.05, 0.1) is 0 Å². The third-order valence-electron chi connectivity index (χ3n) is 4.07. The molecule has 0 amide bonds. The maximum absolute atomic E-state index is 6.29. The minimum absolute atomic E-state index is 0.194. The Kier molecular flexibility index (Phi) is 4.55. The van der Waals surface area contributed by atoms with Crippen LogP contribution in [0, 0.1) is 12.8 Å². The van der Waals surface area contributed by atoms with Crippen LogP contribution in [0.5, 0.6) is 0 Å². The number of hydrogen-bond acceptors (Lipinski definition) is 2. The van der Waals surface area contributed by atoms with Crippen molar-refractivity contribution in [3.8, 4) is 0 Å². The Morgan fingerprint density at radius 3 is 2.82 bits per heavy atom. The molecule has 17 heavy (non-hydrogen) atoms. The van der Waals surface area contributed by atoms with Crippen molar-refractivity contribution in [3.63, 3.8) is 0 Å². The second-order valence-electron chi connectivity index (χ2n) is 5.42. The smallest absolute Gasteiger partial charge is 0.0300 e. The van der Waals surface area contributed by atoms with Crippen LogP contribution in [-0.4, -0.2) is 4.98 Å². The monoisotopic (exact) mass is 232 g/mol. The van der Waals surface area contributed by atoms with E-state index < -0.39 is 0 Å². The van der Waals surface area contributed by atoms with Gasteiger partial charge >= 0.3 is 0 Å². The molecule has 1 aromatic rings. The molecule has 0 aromatic carbocycles. The van der Waals surface area contributed by atoms with Gasteiger partial charge in [0.2, 0.25) is 0 Å². The van der Waals surface area contributed by atoms with Crippen molar-refractivity contribution in [2.75, 3.05) is 0 Å². The van der Waals surface area contributed by atoms with Crippen molar-refractivity contribution in [1.82, 2.24) is 4.98 Å². The Hall–Kier alpha value is -0.890. The Morgan fingerprint density at radius 2 is 2.12 bits per heavy atom. The molecule has 0 spiro atoms. The zero-order chi connectivity index (χ0) is 12.1. The molecule has 2 N–H and O–H groups in total. The van der Waals surface area contributed by atoms with E-state index in [9.17, 15) is 0 Å². The fraction of sp³-hybridized carbons (Fsp3) is 0.667. The number of nitrogens with two attached hydrogens (primary N) is 1. The molecule has 2 rings (SSSR count). The summed E-state index contributed by atoms with van der Waals surface area (Å²) in [6, 6.07) is 2.26. The van der Waals surface area contributed by atoms with Crippen molar-refractivity contribution in [1.29, 1.82) is 0 Å². The van der Waals surface area contributed by atoms with Crippen LogP contribution in [0.4, 0.5) is 0 Å². The van der Waals surface area contributed by atoms with Gasteiger partial charge in [-0.3, -0.25) is 4.98 Å². The average Bonchev–Trinajstić information content (AvgIpc) is 2.38. The molecule has 1 unspecified atom stereocenters. The van der Waals surface area contributed by atoms with Gasteiger partial charge < -0.3 is 5.73 Å². The maximum Gasteiger partial charge on any atom is 0.0300 e. The third kappa shape index (κ3) is 3.53. The van der Waals surface area contributed by atoms with Gasteiger partial charge in [-0.1, -0.05) is 32.1 Å². The Labute approximate surface area is 105 Å². The summed E-state index contributed by atoms with van der Waals surface area (Å²) in [7, 11) is 0. The van der Waals surface area contributed by atoms with E-state index in [-0.39, 0.29) is 6.04 Å². The molecule has 1 atom stereocenters. The van der Waals surface area contributed by atoms with Gasteiger partial charge in [0.25, 0.3) is 0 Å². The molecule has 2 nitrogen and oxygen atoms in total. The van der Waals surface area contributed by atoms with E-state index in [1.165, 1.54) is 49.7 Å². The summed E-state index contributed by atoms with van der Waals surface area (Å²) in [5.41, 5.74) is 8.78. The van der Waals surface area contributed by atoms with Crippen LogP contribution in [0.3, 0.4) is 0 Å². The summed E-state index contributed by atoms with van der Waals surface area (Å²) >= 11 is 0. The van der Waals surface area contributed by atoms with E-state index in [0.717, 1.165) is 12.3 Å². The van der Waals surface area contributed by atoms with Crippen LogP contribution in [0.25, 0.3) is 0 Å². The summed E-state index contributed by atoms with van der Waals surface area (Å²) in [5.74, 6) is 0.928. The van der Waals surface area contributed by atoms with E-state index in [4.69, 9.17) is 5.73 Å². The molecule has 0 saturated heterocycles. The molecule has 2 heteroatoms. The number of hydrogen-bond donors (Lipinski definition) is 1. The molecule has 0 bridgehead atoms. The van der Waals surface area contributed by atoms with Crippen LogP contribution in [0.2, 0.25) is 0 Å². The summed E-state index contributed by atoms with van der Waals surface area (Å²) in [5, 5.41) is 0. The van der Waals surface area contributed by atoms with E-state index in [1.807, 2.05) is 12.4 Å². The molecular weight excluding hydrogens is 208 g/mol. The minimum atomic E-state index is 0.194. The Morgan fingerprint density at radius 1 is 1.35 bits per heavy atom. The van der Waals surface area contributed by atoms with Gasteiger partial charge in [-0.05, 0) is 42.9 Å². The molecule has 94 valence electrons. The van der Waals surface area contributed by atoms with Gasteiger partial charge in [-0.25, -0.2) is 0 Å². The summed E-state index contributed by atoms with van der Waals surface area (Å²) in [6.07, 6.45) is 13.3. The first-order valence-corrected chi connectivity index (χ1v) is 6.93. The zero-order valence-electron chi connectivity index (χ0n) is 10.9. The van der Waals surface area contributed by atoms with Crippen LogP contribution >= 0.6 is 0 Å². The maximum atomic E-state index is 6.29. The number of aryl methyl sites for hydroxylation is 1. The number of rotatable bonds is 4. The molecular formula is C15H24N2. The topological polar surface area (TPSA) is 38.9 Å². The molecule has 1 aliphatic carbocycles. The van der Waals surface area contributed by atoms with Crippen molar-refractivity contribution in [2.45, 2.75) is 57.9 Å². The highest BCUT2D eigenvalue weighted by atomic mass is 14.7. The first-order valence-electron chi connectivity index (χ1n) is 6.93. The van der Waals surface area contributed by atoms with Gasteiger partial charge in [-0.15, -0.1) is 0 Å². The molecule has 1 aromatic heterocycles. The normalized spacial score (nSPS) is 19.2. The van der Waals surface area contributed by atoms with Crippen molar-refractivity contribution >= 4 is 0 Å². The fourth-order valence-corrected chi connectivity index (χ4v) is 2.95. The zero-order valence-corrected chi connectivity index (χ0v) is 10.9. The quantitative estimate of drug-likeness (QED) is 0.858. The lowest BCUT2D eigenvalue weighted by atomic mass is 9.84. The van der Waals surface area contributed by atoms with Crippen molar-refractivity contribution in [3.05, 3.63) is 29.6 Å². The molecule has 0 aliphatic heterocycles. The van der Waals surface area contributed by atoms with Crippen LogP contribution in [-0.2, 0) is 0 Å². The molecule has 1 fully saturated rings. The molecule has 1 heterocycles. The third-order valence-corrected chi connectivity index (χ3v) is 4.07. The fourth-order valence-electron chi connectivity index (χ4n) is 2.95. The largest absolute Gasteiger partial charge is 0.324 e. The molecule has 0 radical (unpaired) electrons. The summed E-state index contributed by atoms with van der Waals surface area (Å²) in [6.45, 7) is 2.10. The predicted octanol–water partition coefficient (Wildman–Crippen LogP) is 3.75. The van der Waals surface area contributed by atoms with Crippen molar-refractivity contribution in [2.24, 2.45) is 11.7 Å². The second-order valence-corrected chi connectivity index (χ2v) is 5.42. The lowest BCUT2D eigenvalue weighted by molar-refractivity contribution is 0.324. The molecule has 1 aliphatic rings. The number of pyridine rings is 1. The first kappa shape index (κ1) is 12.6. The lowest BCUT2D eigenvalue weighted by Crippen LogP contribution is -2.15. The highest BCUT2D eigenvalue weighted by molar-refractivity contribution is 5.24. The Balaban J connectivity index is 1.84. The van der Waals surface area contributed by atoms with E-state index in [0.29, 0.717) is 0 Å². The van der Waals surface area contributed by atoms with Gasteiger partial charge in [0.1, 0.15) is 0 Å². The highest BCUT2D eigenvalue weighted by Crippen LogP contribution is 2.30. The highest BCUT2D eigenvalue weighted by Gasteiger charge is 2.16. The predicted molar refractivity (Wildman–Crippen MR) is 71.7 cm³/mol. The SMILES string of the molecule is Cc1cnccc1C(N)CCC1CCCCC1. The van der Waals surface area contributed by atoms with Gasteiger partial charge in [0, 0.05) is 18.4 Å². The number of aromatic nitrogens is 1. The van der Waals surface area contributed by atoms with Crippen LogP contribution in [0.1, 0.15) is 62.1 Å². The van der Waals surface area contributed by atoms with Gasteiger partial charge in [-0.2, -0.15) is 0 Å². The van der Waals surface area contributed by atoms with Crippen LogP contribution < -0.4 is 5.73 Å². The summed E-state index contributed by atoms with van der Waals surface area (Å²) < 4.78 is 0. The van der Waals surface area contributed by atoms with E-state index in [2.05, 4.69) is 18.0 Å². The standard InChI is InChI=1S/C15H24N2/c1-12-11-17-10-9-14(12)15(16)8-7-13-5-3-2-4-6-13/h9-11,13,15H,2-8,16H2,1H3. The average molecular weight is 232 g/mol. The van der Waals surface area contributed by atoms with Crippen molar-refractivity contribution < 1.29 is 0 Å². The van der Waals surface area contributed by atoms with Crippen LogP contribution in [0.15, 0.2) is 18.5 Å². The molecule has 1 saturated carbocycles. The van der Waals surface area contributed by atoms with E-state index in [1.54, 1.807) is 0 Å². The summed E-state index contributed by atoms with van der Waals surface area (Å²) in [4.78, 5) is 4.12. The van der Waals surface area contributed by atoms with Gasteiger partial charge in [0.15, 0.2) is 0 Å². The second kappa shape index (κ2) is 6.15.